The summed E-state index contributed by atoms with van der Waals surface area (Å²) < 4.78 is 5.90. The fraction of sp³-hybridized carbons (Fsp3) is 0.333. The van der Waals surface area contributed by atoms with Crippen molar-refractivity contribution < 1.29 is 14.3 Å². The molecule has 194 valence electrons. The summed E-state index contributed by atoms with van der Waals surface area (Å²) in [5, 5.41) is 4.08. The molecule has 1 N–H and O–H groups in total. The van der Waals surface area contributed by atoms with E-state index in [4.69, 9.17) is 27.9 Å². The average molecular weight is 540 g/mol. The van der Waals surface area contributed by atoms with Crippen LogP contribution < -0.4 is 10.1 Å². The standard InChI is InChI=1S/C30H32Cl2N2O3/c1-21-10-5-8-17-28(21)37-20-29(35)34(19-24-25(31)15-9-16-26(24)32)27(18-22-11-3-2-4-12-22)30(36)33-23-13-6-7-14-23/h2-5,8-12,15-17,23,27H,6-7,13-14,18-20H2,1H3,(H,33,36)/t27-/m1/s1. The molecule has 0 aromatic heterocycles. The third-order valence-corrected chi connectivity index (χ3v) is 7.52. The van der Waals surface area contributed by atoms with Gasteiger partial charge in [-0.2, -0.15) is 0 Å². The van der Waals surface area contributed by atoms with Crippen molar-refractivity contribution in [3.8, 4) is 5.75 Å². The largest absolute Gasteiger partial charge is 0.484 e. The van der Waals surface area contributed by atoms with E-state index in [0.29, 0.717) is 27.8 Å². The summed E-state index contributed by atoms with van der Waals surface area (Å²) >= 11 is 13.0. The van der Waals surface area contributed by atoms with Crippen LogP contribution >= 0.6 is 23.2 Å². The van der Waals surface area contributed by atoms with Crippen molar-refractivity contribution in [3.05, 3.63) is 99.5 Å². The third kappa shape index (κ3) is 7.27. The molecular weight excluding hydrogens is 507 g/mol. The van der Waals surface area contributed by atoms with E-state index in [-0.39, 0.29) is 31.0 Å². The highest BCUT2D eigenvalue weighted by Gasteiger charge is 2.33. The monoisotopic (exact) mass is 538 g/mol. The molecule has 7 heteroatoms. The Morgan fingerprint density at radius 1 is 0.946 bits per heavy atom. The van der Waals surface area contributed by atoms with Crippen LogP contribution in [0.5, 0.6) is 5.75 Å². The van der Waals surface area contributed by atoms with E-state index >= 15 is 0 Å². The minimum Gasteiger partial charge on any atom is -0.484 e. The van der Waals surface area contributed by atoms with Crippen molar-refractivity contribution in [2.24, 2.45) is 0 Å². The van der Waals surface area contributed by atoms with Crippen LogP contribution in [-0.4, -0.2) is 35.4 Å². The zero-order valence-corrected chi connectivity index (χ0v) is 22.5. The number of aryl methyl sites for hydroxylation is 1. The molecule has 37 heavy (non-hydrogen) atoms. The summed E-state index contributed by atoms with van der Waals surface area (Å²) in [4.78, 5) is 29.0. The van der Waals surface area contributed by atoms with Gasteiger partial charge in [0.2, 0.25) is 5.91 Å². The lowest BCUT2D eigenvalue weighted by atomic mass is 10.0. The van der Waals surface area contributed by atoms with Crippen molar-refractivity contribution in [2.75, 3.05) is 6.61 Å². The molecule has 1 aliphatic carbocycles. The minimum absolute atomic E-state index is 0.0874. The fourth-order valence-electron chi connectivity index (χ4n) is 4.72. The Morgan fingerprint density at radius 3 is 2.27 bits per heavy atom. The van der Waals surface area contributed by atoms with Crippen LogP contribution in [0.2, 0.25) is 10.0 Å². The smallest absolute Gasteiger partial charge is 0.261 e. The number of carbonyl (C=O) groups is 2. The number of nitrogens with one attached hydrogen (secondary N) is 1. The van der Waals surface area contributed by atoms with Gasteiger partial charge in [0, 0.05) is 34.6 Å². The van der Waals surface area contributed by atoms with Crippen molar-refractivity contribution in [1.29, 1.82) is 0 Å². The number of nitrogens with zero attached hydrogens (tertiary/aromatic N) is 1. The lowest BCUT2D eigenvalue weighted by molar-refractivity contribution is -0.143. The first-order valence-corrected chi connectivity index (χ1v) is 13.4. The summed E-state index contributed by atoms with van der Waals surface area (Å²) in [6, 6.07) is 21.8. The predicted octanol–water partition coefficient (Wildman–Crippen LogP) is 6.38. The Balaban J connectivity index is 1.66. The van der Waals surface area contributed by atoms with Crippen LogP contribution in [0.25, 0.3) is 0 Å². The second-order valence-electron chi connectivity index (χ2n) is 9.47. The molecule has 0 bridgehead atoms. The number of benzene rings is 3. The first kappa shape index (κ1) is 27.0. The van der Waals surface area contributed by atoms with E-state index in [1.54, 1.807) is 23.1 Å². The molecule has 1 fully saturated rings. The predicted molar refractivity (Wildman–Crippen MR) is 148 cm³/mol. The SMILES string of the molecule is Cc1ccccc1OCC(=O)N(Cc1c(Cl)cccc1Cl)[C@H](Cc1ccccc1)C(=O)NC1CCCC1. The maximum atomic E-state index is 13.8. The molecule has 3 aromatic carbocycles. The number of amides is 2. The maximum absolute atomic E-state index is 13.8. The van der Waals surface area contributed by atoms with Gasteiger partial charge in [0.25, 0.3) is 5.91 Å². The topological polar surface area (TPSA) is 58.6 Å². The summed E-state index contributed by atoms with van der Waals surface area (Å²) in [6.45, 7) is 1.80. The third-order valence-electron chi connectivity index (χ3n) is 6.81. The number of hydrogen-bond acceptors (Lipinski definition) is 3. The van der Waals surface area contributed by atoms with Gasteiger partial charge in [0.05, 0.1) is 0 Å². The molecule has 0 saturated heterocycles. The number of halogens is 2. The molecule has 1 atom stereocenters. The van der Waals surface area contributed by atoms with E-state index in [0.717, 1.165) is 36.8 Å². The van der Waals surface area contributed by atoms with E-state index in [1.165, 1.54) is 0 Å². The quantitative estimate of drug-likeness (QED) is 0.325. The highest BCUT2D eigenvalue weighted by Crippen LogP contribution is 2.28. The molecule has 5 nitrogen and oxygen atoms in total. The van der Waals surface area contributed by atoms with Crippen LogP contribution in [0.15, 0.2) is 72.8 Å². The lowest BCUT2D eigenvalue weighted by Crippen LogP contribution is -2.53. The summed E-state index contributed by atoms with van der Waals surface area (Å²) in [5.41, 5.74) is 2.48. The van der Waals surface area contributed by atoms with Gasteiger partial charge < -0.3 is 15.0 Å². The Kier molecular flexibility index (Phi) is 9.48. The van der Waals surface area contributed by atoms with Gasteiger partial charge in [-0.15, -0.1) is 0 Å². The van der Waals surface area contributed by atoms with E-state index < -0.39 is 6.04 Å². The molecule has 2 amide bonds. The van der Waals surface area contributed by atoms with Crippen molar-refractivity contribution in [1.82, 2.24) is 10.2 Å². The molecule has 0 unspecified atom stereocenters. The highest BCUT2D eigenvalue weighted by atomic mass is 35.5. The highest BCUT2D eigenvalue weighted by molar-refractivity contribution is 6.36. The van der Waals surface area contributed by atoms with Gasteiger partial charge in [0.1, 0.15) is 11.8 Å². The maximum Gasteiger partial charge on any atom is 0.261 e. The molecule has 1 aliphatic rings. The molecule has 0 spiro atoms. The van der Waals surface area contributed by atoms with Gasteiger partial charge in [-0.3, -0.25) is 9.59 Å². The van der Waals surface area contributed by atoms with Gasteiger partial charge in [0.15, 0.2) is 6.61 Å². The molecule has 0 heterocycles. The number of rotatable bonds is 10. The first-order chi connectivity index (χ1) is 17.9. The summed E-state index contributed by atoms with van der Waals surface area (Å²) in [5.74, 6) is 0.131. The van der Waals surface area contributed by atoms with Gasteiger partial charge >= 0.3 is 0 Å². The van der Waals surface area contributed by atoms with Gasteiger partial charge in [-0.1, -0.05) is 90.6 Å². The number of carbonyl (C=O) groups excluding carboxylic acids is 2. The van der Waals surface area contributed by atoms with E-state index in [2.05, 4.69) is 5.32 Å². The second-order valence-corrected chi connectivity index (χ2v) is 10.3. The minimum atomic E-state index is -0.761. The van der Waals surface area contributed by atoms with Crippen LogP contribution in [0.4, 0.5) is 0 Å². The molecule has 0 radical (unpaired) electrons. The number of hydrogen-bond donors (Lipinski definition) is 1. The number of ether oxygens (including phenoxy) is 1. The Bertz CT molecular complexity index is 1190. The zero-order chi connectivity index (χ0) is 26.2. The molecule has 1 saturated carbocycles. The van der Waals surface area contributed by atoms with Gasteiger partial charge in [-0.05, 0) is 49.1 Å². The van der Waals surface area contributed by atoms with Crippen LogP contribution in [-0.2, 0) is 22.6 Å². The van der Waals surface area contributed by atoms with E-state index in [9.17, 15) is 9.59 Å². The first-order valence-electron chi connectivity index (χ1n) is 12.7. The van der Waals surface area contributed by atoms with Crippen LogP contribution in [0.3, 0.4) is 0 Å². The van der Waals surface area contributed by atoms with E-state index in [1.807, 2.05) is 61.5 Å². The second kappa shape index (κ2) is 13.0. The normalized spacial score (nSPS) is 14.2. The fourth-order valence-corrected chi connectivity index (χ4v) is 5.23. The molecule has 3 aromatic rings. The molecule has 4 rings (SSSR count). The van der Waals surface area contributed by atoms with Crippen molar-refractivity contribution in [3.63, 3.8) is 0 Å². The summed E-state index contributed by atoms with van der Waals surface area (Å²) in [6.07, 6.45) is 4.44. The lowest BCUT2D eigenvalue weighted by Gasteiger charge is -2.32. The van der Waals surface area contributed by atoms with Crippen molar-refractivity contribution >= 4 is 35.0 Å². The zero-order valence-electron chi connectivity index (χ0n) is 21.0. The van der Waals surface area contributed by atoms with Gasteiger partial charge in [-0.25, -0.2) is 0 Å². The Hall–Kier alpha value is -3.02. The van der Waals surface area contributed by atoms with Crippen molar-refractivity contribution in [2.45, 2.75) is 57.7 Å². The van der Waals surface area contributed by atoms with Crippen LogP contribution in [0, 0.1) is 6.92 Å². The number of para-hydroxylation sites is 1. The average Bonchev–Trinajstić information content (AvgIpc) is 3.40. The Labute approximate surface area is 228 Å². The summed E-state index contributed by atoms with van der Waals surface area (Å²) in [7, 11) is 0. The molecular formula is C30H32Cl2N2O3. The Morgan fingerprint density at radius 2 is 1.59 bits per heavy atom. The van der Waals surface area contributed by atoms with Crippen LogP contribution in [0.1, 0.15) is 42.4 Å². The molecule has 0 aliphatic heterocycles.